The Hall–Kier alpha value is -2.69. The summed E-state index contributed by atoms with van der Waals surface area (Å²) in [6.07, 6.45) is 0.154. The number of carbonyl (C=O) groups excluding carboxylic acids is 1. The number of rotatable bonds is 3. The van der Waals surface area contributed by atoms with Crippen molar-refractivity contribution in [3.05, 3.63) is 59.7 Å². The number of carbonyl (C=O) groups is 1. The second-order valence-corrected chi connectivity index (χ2v) is 5.12. The van der Waals surface area contributed by atoms with Crippen molar-refractivity contribution in [1.29, 1.82) is 0 Å². The summed E-state index contributed by atoms with van der Waals surface area (Å²) in [4.78, 5) is 11.9. The fourth-order valence-corrected chi connectivity index (χ4v) is 2.44. The molecular formula is C17H17NO4. The van der Waals surface area contributed by atoms with Gasteiger partial charge in [0.15, 0.2) is 0 Å². The van der Waals surface area contributed by atoms with Crippen LogP contribution < -0.4 is 10.1 Å². The number of ether oxygens (including phenoxy) is 2. The second kappa shape index (κ2) is 6.39. The number of fused-ring (bicyclic) bond motifs is 1. The van der Waals surface area contributed by atoms with Crippen molar-refractivity contribution in [3.63, 3.8) is 0 Å². The first-order valence-corrected chi connectivity index (χ1v) is 7.15. The van der Waals surface area contributed by atoms with Gasteiger partial charge in [-0.1, -0.05) is 30.3 Å². The van der Waals surface area contributed by atoms with Gasteiger partial charge in [-0.25, -0.2) is 4.79 Å². The van der Waals surface area contributed by atoms with Crippen LogP contribution in [0, 0.1) is 0 Å². The molecule has 5 nitrogen and oxygen atoms in total. The van der Waals surface area contributed by atoms with Crippen LogP contribution in [0.1, 0.15) is 23.6 Å². The second-order valence-electron chi connectivity index (χ2n) is 5.12. The molecule has 0 spiro atoms. The Labute approximate surface area is 128 Å². The molecule has 1 amide bonds. The van der Waals surface area contributed by atoms with E-state index in [9.17, 15) is 9.90 Å². The van der Waals surface area contributed by atoms with Crippen LogP contribution >= 0.6 is 0 Å². The molecule has 0 saturated carbocycles. The summed E-state index contributed by atoms with van der Waals surface area (Å²) < 4.78 is 10.7. The van der Waals surface area contributed by atoms with Gasteiger partial charge in [-0.2, -0.15) is 0 Å². The molecule has 2 N–H and O–H groups in total. The van der Waals surface area contributed by atoms with E-state index in [-0.39, 0.29) is 18.4 Å². The molecule has 0 radical (unpaired) electrons. The number of benzene rings is 2. The molecule has 0 bridgehead atoms. The standard InChI is InChI=1S/C17H17NO4/c19-13-6-7-16-14(10-13)15(8-9-21-16)18-17(20)22-11-12-4-2-1-3-5-12/h1-7,10,15,19H,8-9,11H2,(H,18,20)/t15-/m1/s1. The average Bonchev–Trinajstić information content (AvgIpc) is 2.54. The molecule has 3 rings (SSSR count). The molecule has 0 unspecified atom stereocenters. The van der Waals surface area contributed by atoms with Gasteiger partial charge in [0.1, 0.15) is 18.1 Å². The van der Waals surface area contributed by atoms with Crippen LogP contribution in [-0.4, -0.2) is 17.8 Å². The lowest BCUT2D eigenvalue weighted by molar-refractivity contribution is 0.131. The number of phenols is 1. The number of alkyl carbamates (subject to hydrolysis) is 1. The molecule has 2 aromatic carbocycles. The predicted octanol–water partition coefficient (Wildman–Crippen LogP) is 3.14. The van der Waals surface area contributed by atoms with Crippen molar-refractivity contribution in [2.75, 3.05) is 6.61 Å². The lowest BCUT2D eigenvalue weighted by Gasteiger charge is -2.26. The highest BCUT2D eigenvalue weighted by atomic mass is 16.5. The SMILES string of the molecule is O=C(N[C@@H]1CCOc2ccc(O)cc21)OCc1ccccc1. The van der Waals surface area contributed by atoms with Crippen LogP contribution in [0.25, 0.3) is 0 Å². The Morgan fingerprint density at radius 3 is 2.91 bits per heavy atom. The van der Waals surface area contributed by atoms with Crippen molar-refractivity contribution in [2.24, 2.45) is 0 Å². The molecule has 0 aromatic heterocycles. The first-order chi connectivity index (χ1) is 10.7. The maximum absolute atomic E-state index is 11.9. The first-order valence-electron chi connectivity index (χ1n) is 7.15. The molecule has 0 fully saturated rings. The van der Waals surface area contributed by atoms with E-state index < -0.39 is 6.09 Å². The zero-order valence-electron chi connectivity index (χ0n) is 12.0. The first kappa shape index (κ1) is 14.3. The maximum atomic E-state index is 11.9. The van der Waals surface area contributed by atoms with Crippen LogP contribution in [0.5, 0.6) is 11.5 Å². The minimum absolute atomic E-state index is 0.147. The molecule has 0 saturated heterocycles. The molecular weight excluding hydrogens is 282 g/mol. The van der Waals surface area contributed by atoms with Crippen LogP contribution in [0.3, 0.4) is 0 Å². The Morgan fingerprint density at radius 1 is 1.27 bits per heavy atom. The highest BCUT2D eigenvalue weighted by molar-refractivity contribution is 5.68. The largest absolute Gasteiger partial charge is 0.508 e. The zero-order chi connectivity index (χ0) is 15.4. The summed E-state index contributed by atoms with van der Waals surface area (Å²) in [5, 5.41) is 12.4. The van der Waals surface area contributed by atoms with Gasteiger partial charge in [0.2, 0.25) is 0 Å². The molecule has 1 heterocycles. The van der Waals surface area contributed by atoms with Crippen LogP contribution in [0.4, 0.5) is 4.79 Å². The molecule has 5 heteroatoms. The molecule has 1 aliphatic rings. The average molecular weight is 299 g/mol. The van der Waals surface area contributed by atoms with Crippen molar-refractivity contribution in [3.8, 4) is 11.5 Å². The Morgan fingerprint density at radius 2 is 2.09 bits per heavy atom. The van der Waals surface area contributed by atoms with Gasteiger partial charge in [0.05, 0.1) is 12.6 Å². The Bertz CT molecular complexity index is 657. The molecule has 22 heavy (non-hydrogen) atoms. The summed E-state index contributed by atoms with van der Waals surface area (Å²) in [7, 11) is 0. The maximum Gasteiger partial charge on any atom is 0.407 e. The van der Waals surface area contributed by atoms with E-state index in [1.807, 2.05) is 30.3 Å². The summed E-state index contributed by atoms with van der Waals surface area (Å²) in [6, 6.07) is 14.2. The summed E-state index contributed by atoms with van der Waals surface area (Å²) >= 11 is 0. The predicted molar refractivity (Wildman–Crippen MR) is 80.7 cm³/mol. The zero-order valence-corrected chi connectivity index (χ0v) is 12.0. The van der Waals surface area contributed by atoms with Crippen molar-refractivity contribution < 1.29 is 19.4 Å². The minimum Gasteiger partial charge on any atom is -0.508 e. The van der Waals surface area contributed by atoms with Crippen molar-refractivity contribution in [2.45, 2.75) is 19.1 Å². The van der Waals surface area contributed by atoms with Crippen LogP contribution in [0.15, 0.2) is 48.5 Å². The summed E-state index contributed by atoms with van der Waals surface area (Å²) in [5.74, 6) is 0.825. The van der Waals surface area contributed by atoms with E-state index in [1.54, 1.807) is 18.2 Å². The van der Waals surface area contributed by atoms with Crippen LogP contribution in [-0.2, 0) is 11.3 Å². The number of nitrogens with one attached hydrogen (secondary N) is 1. The number of amides is 1. The monoisotopic (exact) mass is 299 g/mol. The van der Waals surface area contributed by atoms with Gasteiger partial charge in [-0.05, 0) is 23.8 Å². The Kier molecular flexibility index (Phi) is 4.14. The van der Waals surface area contributed by atoms with E-state index in [0.29, 0.717) is 18.8 Å². The quantitative estimate of drug-likeness (QED) is 0.913. The molecule has 0 aliphatic carbocycles. The van der Waals surface area contributed by atoms with Gasteiger partial charge in [-0.15, -0.1) is 0 Å². The smallest absolute Gasteiger partial charge is 0.407 e. The van der Waals surface area contributed by atoms with Crippen molar-refractivity contribution >= 4 is 6.09 Å². The fraction of sp³-hybridized carbons (Fsp3) is 0.235. The third-order valence-corrected chi connectivity index (χ3v) is 3.54. The van der Waals surface area contributed by atoms with E-state index in [4.69, 9.17) is 9.47 Å². The van der Waals surface area contributed by atoms with Gasteiger partial charge >= 0.3 is 6.09 Å². The van der Waals surface area contributed by atoms with Crippen molar-refractivity contribution in [1.82, 2.24) is 5.32 Å². The topological polar surface area (TPSA) is 67.8 Å². The molecule has 1 atom stereocenters. The summed E-state index contributed by atoms with van der Waals surface area (Å²) in [5.41, 5.74) is 1.70. The number of hydrogen-bond acceptors (Lipinski definition) is 4. The minimum atomic E-state index is -0.481. The van der Waals surface area contributed by atoms with E-state index in [2.05, 4.69) is 5.32 Å². The fourth-order valence-electron chi connectivity index (χ4n) is 2.44. The number of phenolic OH excluding ortho intramolecular Hbond substituents is 1. The molecule has 114 valence electrons. The molecule has 2 aromatic rings. The number of hydrogen-bond donors (Lipinski definition) is 2. The van der Waals surface area contributed by atoms with Gasteiger partial charge in [0.25, 0.3) is 0 Å². The normalized spacial score (nSPS) is 16.3. The van der Waals surface area contributed by atoms with Crippen LogP contribution in [0.2, 0.25) is 0 Å². The van der Waals surface area contributed by atoms with E-state index in [0.717, 1.165) is 11.1 Å². The third kappa shape index (κ3) is 3.31. The third-order valence-electron chi connectivity index (χ3n) is 3.54. The van der Waals surface area contributed by atoms with E-state index in [1.165, 1.54) is 0 Å². The summed E-state index contributed by atoms with van der Waals surface area (Å²) in [6.45, 7) is 0.740. The highest BCUT2D eigenvalue weighted by Crippen LogP contribution is 2.34. The number of aromatic hydroxyl groups is 1. The lowest BCUT2D eigenvalue weighted by Crippen LogP contribution is -2.32. The molecule has 1 aliphatic heterocycles. The lowest BCUT2D eigenvalue weighted by atomic mass is 10.0. The van der Waals surface area contributed by atoms with E-state index >= 15 is 0 Å². The van der Waals surface area contributed by atoms with Gasteiger partial charge in [-0.3, -0.25) is 0 Å². The Balaban J connectivity index is 1.62. The van der Waals surface area contributed by atoms with Gasteiger partial charge < -0.3 is 19.9 Å². The highest BCUT2D eigenvalue weighted by Gasteiger charge is 2.24. The van der Waals surface area contributed by atoms with Gasteiger partial charge in [0, 0.05) is 12.0 Å².